The largest absolute Gasteiger partial charge is 0.309 e. The minimum absolute atomic E-state index is 1.17. The summed E-state index contributed by atoms with van der Waals surface area (Å²) in [5.74, 6) is 0. The van der Waals surface area contributed by atoms with E-state index in [9.17, 15) is 0 Å². The van der Waals surface area contributed by atoms with Crippen LogP contribution in [-0.4, -0.2) is 9.13 Å². The molecule has 0 aliphatic rings. The van der Waals surface area contributed by atoms with Crippen LogP contribution in [-0.2, 0) is 0 Å². The smallest absolute Gasteiger partial charge is 0.0548 e. The van der Waals surface area contributed by atoms with Gasteiger partial charge in [-0.2, -0.15) is 0 Å². The highest BCUT2D eigenvalue weighted by atomic mass is 15.0. The van der Waals surface area contributed by atoms with Gasteiger partial charge in [0.1, 0.15) is 0 Å². The van der Waals surface area contributed by atoms with Gasteiger partial charge in [0.2, 0.25) is 0 Å². The van der Waals surface area contributed by atoms with Crippen molar-refractivity contribution in [2.24, 2.45) is 0 Å². The standard InChI is InChI=1S/C40H26N2/c1-3-12-27(13-4-1)31-19-11-14-28-26-30(22-23-32(28)31)42-36-21-10-8-18-34(36)40-38(42)25-24-37-39(40)33-17-7-9-20-35(33)41(37)29-15-5-2-6-16-29/h1-26H. The van der Waals surface area contributed by atoms with Gasteiger partial charge < -0.3 is 9.13 Å². The molecule has 7 aromatic carbocycles. The fraction of sp³-hybridized carbons (Fsp3) is 0. The summed E-state index contributed by atoms with van der Waals surface area (Å²) in [4.78, 5) is 0. The molecule has 2 heteroatoms. The minimum Gasteiger partial charge on any atom is -0.309 e. The molecule has 0 amide bonds. The second-order valence-electron chi connectivity index (χ2n) is 11.0. The third-order valence-electron chi connectivity index (χ3n) is 8.69. The second kappa shape index (κ2) is 8.95. The van der Waals surface area contributed by atoms with Crippen molar-refractivity contribution in [2.75, 3.05) is 0 Å². The Balaban J connectivity index is 1.37. The van der Waals surface area contributed by atoms with Crippen LogP contribution in [0.4, 0.5) is 0 Å². The average Bonchev–Trinajstić information content (AvgIpc) is 3.58. The van der Waals surface area contributed by atoms with Gasteiger partial charge in [-0.15, -0.1) is 0 Å². The first-order valence-corrected chi connectivity index (χ1v) is 14.5. The number of nitrogens with zero attached hydrogens (tertiary/aromatic N) is 2. The molecule has 0 unspecified atom stereocenters. The van der Waals surface area contributed by atoms with Crippen LogP contribution in [0.25, 0.3) is 76.9 Å². The first kappa shape index (κ1) is 23.1. The van der Waals surface area contributed by atoms with Crippen molar-refractivity contribution in [1.82, 2.24) is 9.13 Å². The SMILES string of the molecule is c1ccc(-c2cccc3cc(-n4c5ccccc5c5c6c7ccccc7n(-c7ccccc7)c6ccc54)ccc23)cc1. The van der Waals surface area contributed by atoms with E-state index in [0.717, 1.165) is 0 Å². The normalized spacial score (nSPS) is 11.8. The fourth-order valence-corrected chi connectivity index (χ4v) is 6.93. The van der Waals surface area contributed by atoms with Gasteiger partial charge in [-0.1, -0.05) is 109 Å². The van der Waals surface area contributed by atoms with E-state index in [1.54, 1.807) is 0 Å². The maximum atomic E-state index is 2.44. The van der Waals surface area contributed by atoms with Crippen molar-refractivity contribution in [2.45, 2.75) is 0 Å². The summed E-state index contributed by atoms with van der Waals surface area (Å²) in [7, 11) is 0. The van der Waals surface area contributed by atoms with Crippen LogP contribution in [0.1, 0.15) is 0 Å². The van der Waals surface area contributed by atoms with Crippen LogP contribution in [0.2, 0.25) is 0 Å². The number of hydrogen-bond acceptors (Lipinski definition) is 0. The van der Waals surface area contributed by atoms with E-state index in [4.69, 9.17) is 0 Å². The van der Waals surface area contributed by atoms with E-state index in [1.165, 1.54) is 76.9 Å². The lowest BCUT2D eigenvalue weighted by molar-refractivity contribution is 1.17. The number of benzene rings is 7. The summed E-state index contributed by atoms with van der Waals surface area (Å²) in [6.07, 6.45) is 0. The van der Waals surface area contributed by atoms with E-state index in [1.807, 2.05) is 0 Å². The summed E-state index contributed by atoms with van der Waals surface area (Å²) < 4.78 is 4.84. The lowest BCUT2D eigenvalue weighted by Crippen LogP contribution is -1.95. The molecule has 0 atom stereocenters. The Morgan fingerprint density at radius 2 is 0.905 bits per heavy atom. The van der Waals surface area contributed by atoms with E-state index < -0.39 is 0 Å². The lowest BCUT2D eigenvalue weighted by Gasteiger charge is -2.12. The Labute approximate surface area is 243 Å². The third kappa shape index (κ3) is 3.27. The predicted molar refractivity (Wildman–Crippen MR) is 178 cm³/mol. The van der Waals surface area contributed by atoms with Crippen molar-refractivity contribution in [3.05, 3.63) is 158 Å². The summed E-state index contributed by atoms with van der Waals surface area (Å²) >= 11 is 0. The highest BCUT2D eigenvalue weighted by Gasteiger charge is 2.20. The van der Waals surface area contributed by atoms with Gasteiger partial charge in [0.15, 0.2) is 0 Å². The van der Waals surface area contributed by atoms with Crippen molar-refractivity contribution < 1.29 is 0 Å². The maximum Gasteiger partial charge on any atom is 0.0548 e. The molecule has 196 valence electrons. The lowest BCUT2D eigenvalue weighted by atomic mass is 9.98. The van der Waals surface area contributed by atoms with Gasteiger partial charge in [-0.25, -0.2) is 0 Å². The summed E-state index contributed by atoms with van der Waals surface area (Å²) in [5.41, 5.74) is 9.74. The van der Waals surface area contributed by atoms with Gasteiger partial charge in [-0.05, 0) is 70.4 Å². The highest BCUT2D eigenvalue weighted by molar-refractivity contribution is 6.29. The Morgan fingerprint density at radius 1 is 0.333 bits per heavy atom. The van der Waals surface area contributed by atoms with Crippen LogP contribution in [0, 0.1) is 0 Å². The van der Waals surface area contributed by atoms with Crippen molar-refractivity contribution in [3.8, 4) is 22.5 Å². The molecule has 9 aromatic rings. The zero-order valence-corrected chi connectivity index (χ0v) is 22.9. The van der Waals surface area contributed by atoms with E-state index in [2.05, 4.69) is 167 Å². The molecule has 2 heterocycles. The maximum absolute atomic E-state index is 2.44. The molecule has 42 heavy (non-hydrogen) atoms. The molecule has 0 fully saturated rings. The average molecular weight is 535 g/mol. The number of para-hydroxylation sites is 3. The topological polar surface area (TPSA) is 9.86 Å². The molecule has 0 radical (unpaired) electrons. The van der Waals surface area contributed by atoms with Gasteiger partial charge in [-0.3, -0.25) is 0 Å². The zero-order chi connectivity index (χ0) is 27.6. The van der Waals surface area contributed by atoms with Crippen molar-refractivity contribution in [1.29, 1.82) is 0 Å². The molecule has 2 nitrogen and oxygen atoms in total. The number of hydrogen-bond donors (Lipinski definition) is 0. The number of rotatable bonds is 3. The fourth-order valence-electron chi connectivity index (χ4n) is 6.93. The molecule has 0 aliphatic heterocycles. The second-order valence-corrected chi connectivity index (χ2v) is 11.0. The molecule has 0 saturated carbocycles. The van der Waals surface area contributed by atoms with E-state index >= 15 is 0 Å². The summed E-state index contributed by atoms with van der Waals surface area (Å²) in [5, 5.41) is 7.65. The Bertz CT molecular complexity index is 2440. The predicted octanol–water partition coefficient (Wildman–Crippen LogP) is 10.7. The van der Waals surface area contributed by atoms with Gasteiger partial charge in [0, 0.05) is 32.9 Å². The molecule has 2 aromatic heterocycles. The molecule has 0 N–H and O–H groups in total. The quantitative estimate of drug-likeness (QED) is 0.213. The highest BCUT2D eigenvalue weighted by Crippen LogP contribution is 2.42. The summed E-state index contributed by atoms with van der Waals surface area (Å²) in [6.45, 7) is 0. The van der Waals surface area contributed by atoms with Crippen LogP contribution in [0.5, 0.6) is 0 Å². The molecule has 0 spiro atoms. The van der Waals surface area contributed by atoms with E-state index in [0.29, 0.717) is 0 Å². The van der Waals surface area contributed by atoms with Crippen LogP contribution in [0.15, 0.2) is 158 Å². The first-order chi connectivity index (χ1) is 20.9. The van der Waals surface area contributed by atoms with E-state index in [-0.39, 0.29) is 0 Å². The van der Waals surface area contributed by atoms with Crippen LogP contribution in [0.3, 0.4) is 0 Å². The van der Waals surface area contributed by atoms with Crippen LogP contribution >= 0.6 is 0 Å². The van der Waals surface area contributed by atoms with Crippen molar-refractivity contribution >= 4 is 54.4 Å². The zero-order valence-electron chi connectivity index (χ0n) is 22.9. The van der Waals surface area contributed by atoms with Crippen molar-refractivity contribution in [3.63, 3.8) is 0 Å². The van der Waals surface area contributed by atoms with Gasteiger partial charge in [0.05, 0.1) is 22.1 Å². The number of aromatic nitrogens is 2. The first-order valence-electron chi connectivity index (χ1n) is 14.5. The molecule has 0 saturated heterocycles. The Hall–Kier alpha value is -5.60. The molecule has 9 rings (SSSR count). The molecular formula is C40H26N2. The van der Waals surface area contributed by atoms with Crippen LogP contribution < -0.4 is 0 Å². The molecule has 0 bridgehead atoms. The summed E-state index contributed by atoms with van der Waals surface area (Å²) in [6, 6.07) is 57.1. The van der Waals surface area contributed by atoms with Gasteiger partial charge >= 0.3 is 0 Å². The Kier molecular flexibility index (Phi) is 4.93. The molecular weight excluding hydrogens is 508 g/mol. The monoisotopic (exact) mass is 534 g/mol. The number of fused-ring (bicyclic) bond motifs is 8. The van der Waals surface area contributed by atoms with Gasteiger partial charge in [0.25, 0.3) is 0 Å². The third-order valence-corrected chi connectivity index (χ3v) is 8.69. The molecule has 0 aliphatic carbocycles. The Morgan fingerprint density at radius 3 is 1.57 bits per heavy atom. The minimum atomic E-state index is 1.17.